The minimum atomic E-state index is -2.93. The molecule has 0 bridgehead atoms. The molecule has 1 aliphatic heterocycles. The Balaban J connectivity index is 1.46. The first-order valence-electron chi connectivity index (χ1n) is 16.7. The molecule has 264 valence electrons. The molecule has 5 rings (SSSR count). The van der Waals surface area contributed by atoms with Crippen molar-refractivity contribution < 1.29 is 36.4 Å². The molecule has 1 saturated heterocycles. The third-order valence-electron chi connectivity index (χ3n) is 9.18. The van der Waals surface area contributed by atoms with Gasteiger partial charge in [-0.05, 0) is 75.6 Å². The molecule has 47 heavy (non-hydrogen) atoms. The normalized spacial score (nSPS) is 23.7. The topological polar surface area (TPSA) is 100 Å². The average molecular weight is 703 g/mol. The van der Waals surface area contributed by atoms with Gasteiger partial charge < -0.3 is 23.9 Å². The Morgan fingerprint density at radius 3 is 2.43 bits per heavy atom. The van der Waals surface area contributed by atoms with Crippen LogP contribution in [-0.2, 0) is 32.4 Å². The van der Waals surface area contributed by atoms with Crippen LogP contribution in [0.3, 0.4) is 0 Å². The number of halogens is 4. The van der Waals surface area contributed by atoms with E-state index in [1.165, 1.54) is 0 Å². The van der Waals surface area contributed by atoms with Gasteiger partial charge in [0, 0.05) is 51.7 Å². The summed E-state index contributed by atoms with van der Waals surface area (Å²) in [6.07, 6.45) is 0.474. The molecule has 3 fully saturated rings. The van der Waals surface area contributed by atoms with Crippen LogP contribution in [0.5, 0.6) is 0 Å². The number of alkyl halides is 4. The summed E-state index contributed by atoms with van der Waals surface area (Å²) in [5, 5.41) is 3.11. The predicted octanol–water partition coefficient (Wildman–Crippen LogP) is 7.26. The van der Waals surface area contributed by atoms with Crippen molar-refractivity contribution in [3.05, 3.63) is 29.6 Å². The van der Waals surface area contributed by atoms with Crippen molar-refractivity contribution in [2.24, 2.45) is 11.8 Å². The summed E-state index contributed by atoms with van der Waals surface area (Å²) in [6, 6.07) is 5.70. The zero-order chi connectivity index (χ0) is 34.4. The highest BCUT2D eigenvalue weighted by Gasteiger charge is 2.46. The lowest BCUT2D eigenvalue weighted by atomic mass is 9.79. The van der Waals surface area contributed by atoms with Gasteiger partial charge in [-0.2, -0.15) is 0 Å². The molecule has 8 nitrogen and oxygen atoms in total. The molecule has 4 atom stereocenters. The Labute approximate surface area is 279 Å². The van der Waals surface area contributed by atoms with E-state index in [1.54, 1.807) is 0 Å². The van der Waals surface area contributed by atoms with Crippen LogP contribution in [0.15, 0.2) is 18.2 Å². The maximum Gasteiger partial charge on any atom is 0.271 e. The van der Waals surface area contributed by atoms with Crippen molar-refractivity contribution in [3.8, 4) is 0 Å². The van der Waals surface area contributed by atoms with Crippen LogP contribution in [0.1, 0.15) is 89.2 Å². The molecule has 2 saturated carbocycles. The van der Waals surface area contributed by atoms with E-state index in [9.17, 15) is 26.9 Å². The highest BCUT2D eigenvalue weighted by atomic mass is 32.2. The smallest absolute Gasteiger partial charge is 0.271 e. The number of amides is 1. The van der Waals surface area contributed by atoms with E-state index < -0.39 is 54.8 Å². The quantitative estimate of drug-likeness (QED) is 0.0931. The number of rotatable bonds is 14. The lowest BCUT2D eigenvalue weighted by Crippen LogP contribution is -2.48. The van der Waals surface area contributed by atoms with E-state index in [1.807, 2.05) is 43.5 Å². The molecule has 1 aromatic carbocycles. The van der Waals surface area contributed by atoms with Crippen LogP contribution in [-0.4, -0.2) is 64.0 Å². The van der Waals surface area contributed by atoms with Gasteiger partial charge in [-0.25, -0.2) is 22.5 Å². The molecule has 1 amide bonds. The Morgan fingerprint density at radius 2 is 1.85 bits per heavy atom. The molecule has 3 aliphatic rings. The number of ether oxygens (including phenoxy) is 2. The van der Waals surface area contributed by atoms with Crippen molar-refractivity contribution in [3.63, 3.8) is 0 Å². The Morgan fingerprint density at radius 1 is 1.15 bits per heavy atom. The van der Waals surface area contributed by atoms with Crippen molar-refractivity contribution in [2.75, 3.05) is 13.2 Å². The maximum absolute atomic E-state index is 14.1. The molecule has 2 N–H and O–H groups in total. The number of carbonyl (C=O) groups is 1. The number of hydrogen-bond acceptors (Lipinski definition) is 6. The van der Waals surface area contributed by atoms with Crippen LogP contribution < -0.4 is 10.0 Å². The van der Waals surface area contributed by atoms with Gasteiger partial charge in [0.1, 0.15) is 30.0 Å². The number of nitrogens with zero attached hydrogens (tertiary/aromatic N) is 2. The zero-order valence-corrected chi connectivity index (χ0v) is 30.2. The molecule has 2 aromatic rings. The molecule has 2 aliphatic carbocycles. The van der Waals surface area contributed by atoms with Gasteiger partial charge in [0.15, 0.2) is 0 Å². The van der Waals surface area contributed by atoms with Crippen molar-refractivity contribution in [2.45, 2.75) is 133 Å². The van der Waals surface area contributed by atoms with E-state index in [0.717, 1.165) is 30.0 Å². The number of hydrogen-bond donors (Lipinski definition) is 2. The summed E-state index contributed by atoms with van der Waals surface area (Å²) in [4.78, 5) is 17.9. The Kier molecular flexibility index (Phi) is 10.8. The first kappa shape index (κ1) is 36.6. The van der Waals surface area contributed by atoms with Gasteiger partial charge >= 0.3 is 0 Å². The Hall–Kier alpha value is -1.71. The highest BCUT2D eigenvalue weighted by Crippen LogP contribution is 2.45. The van der Waals surface area contributed by atoms with Gasteiger partial charge in [0.05, 0.1) is 23.2 Å². The van der Waals surface area contributed by atoms with Gasteiger partial charge in [0.2, 0.25) is 11.8 Å². The van der Waals surface area contributed by atoms with Crippen LogP contribution in [0.4, 0.5) is 17.6 Å². The second-order valence-corrected chi connectivity index (χ2v) is 23.6. The van der Waals surface area contributed by atoms with E-state index in [0.29, 0.717) is 17.9 Å². The monoisotopic (exact) mass is 702 g/mol. The van der Waals surface area contributed by atoms with Crippen LogP contribution in [0.25, 0.3) is 11.0 Å². The van der Waals surface area contributed by atoms with E-state index in [4.69, 9.17) is 14.5 Å². The van der Waals surface area contributed by atoms with Gasteiger partial charge in [0.25, 0.3) is 5.92 Å². The Bertz CT molecular complexity index is 1390. The summed E-state index contributed by atoms with van der Waals surface area (Å²) in [5.41, 5.74) is 2.24. The van der Waals surface area contributed by atoms with Crippen LogP contribution in [0, 0.1) is 11.8 Å². The van der Waals surface area contributed by atoms with E-state index in [2.05, 4.69) is 29.7 Å². The number of carbonyl (C=O) groups excluding carboxylic acids is 1. The third kappa shape index (κ3) is 9.71. The molecule has 1 aromatic heterocycles. The summed E-state index contributed by atoms with van der Waals surface area (Å²) in [7, 11) is -1.37. The maximum atomic E-state index is 14.1. The van der Waals surface area contributed by atoms with Crippen LogP contribution in [0.2, 0.25) is 25.7 Å². The van der Waals surface area contributed by atoms with E-state index >= 15 is 0 Å². The summed E-state index contributed by atoms with van der Waals surface area (Å²) < 4.78 is 84.8. The van der Waals surface area contributed by atoms with Gasteiger partial charge in [-0.3, -0.25) is 4.79 Å². The zero-order valence-electron chi connectivity index (χ0n) is 28.3. The lowest BCUT2D eigenvalue weighted by molar-refractivity contribution is -0.150. The van der Waals surface area contributed by atoms with Gasteiger partial charge in [-0.1, -0.05) is 25.7 Å². The number of nitrogens with one attached hydrogen (secondary N) is 2. The molecule has 1 unspecified atom stereocenters. The third-order valence-corrected chi connectivity index (χ3v) is 12.5. The SMILES string of the molecule is CC(C)(C)[S+]([O-])N[C@H](c1nc2cc([C@H](NC(=O)CC3CC(F)(F)C3)C3CC3)ccc2n1COCC[Si](C)(C)C)[C@@H]1CCC(F)(F)CO1. The summed E-state index contributed by atoms with van der Waals surface area (Å²) >= 11 is -1.56. The first-order valence-corrected chi connectivity index (χ1v) is 21.6. The second-order valence-electron chi connectivity index (χ2n) is 15.9. The van der Waals surface area contributed by atoms with E-state index in [-0.39, 0.29) is 62.6 Å². The molecule has 14 heteroatoms. The average Bonchev–Trinajstić information content (AvgIpc) is 3.71. The minimum Gasteiger partial charge on any atom is -0.598 e. The van der Waals surface area contributed by atoms with Crippen molar-refractivity contribution in [1.82, 2.24) is 19.6 Å². The molecule has 0 spiro atoms. The fraction of sp³-hybridized carbons (Fsp3) is 0.758. The largest absolute Gasteiger partial charge is 0.598 e. The van der Waals surface area contributed by atoms with Gasteiger partial charge in [-0.15, -0.1) is 4.72 Å². The number of aromatic nitrogens is 2. The molecule has 2 heterocycles. The predicted molar refractivity (Wildman–Crippen MR) is 177 cm³/mol. The minimum absolute atomic E-state index is 0.0552. The highest BCUT2D eigenvalue weighted by molar-refractivity contribution is 7.90. The standard InChI is InChI=1S/C33H50F4N4O4SSi/c1-31(2,3)46(43)40-29(26-11-12-32(34,35)19-45-26)30-38-24-16-23(9-10-25(24)41(30)20-44-13-14-47(4,5)6)28(22-7-8-22)39-27(42)15-21-17-33(36,37)18-21/h9-10,16,21-22,26,28-29,40H,7-8,11-15,17-20H2,1-6H3,(H,39,42)/t26-,28+,29-,46?/m0/s1. The fourth-order valence-corrected chi connectivity index (χ4v) is 7.78. The lowest BCUT2D eigenvalue weighted by Gasteiger charge is -2.35. The van der Waals surface area contributed by atoms with Crippen molar-refractivity contribution >= 4 is 36.4 Å². The van der Waals surface area contributed by atoms with Crippen molar-refractivity contribution in [1.29, 1.82) is 0 Å². The number of fused-ring (bicyclic) bond motifs is 1. The van der Waals surface area contributed by atoms with Crippen LogP contribution >= 0.6 is 0 Å². The molecular formula is C33H50F4N4O4SSi. The second kappa shape index (κ2) is 13.9. The first-order chi connectivity index (χ1) is 21.8. The number of imidazole rings is 1. The molecular weight excluding hydrogens is 653 g/mol. The summed E-state index contributed by atoms with van der Waals surface area (Å²) in [5.74, 6) is -5.42. The molecule has 0 radical (unpaired) electrons. The fourth-order valence-electron chi connectivity index (χ4n) is 6.18. The number of benzene rings is 1. The summed E-state index contributed by atoms with van der Waals surface area (Å²) in [6.45, 7) is 12.3.